The van der Waals surface area contributed by atoms with Gasteiger partial charge in [0.15, 0.2) is 0 Å². The highest BCUT2D eigenvalue weighted by Gasteiger charge is 2.29. The number of rotatable bonds is 18. The number of carbonyl (C=O) groups is 1. The van der Waals surface area contributed by atoms with Crippen molar-refractivity contribution in [3.63, 3.8) is 0 Å². The predicted molar refractivity (Wildman–Crippen MR) is 101 cm³/mol. The number of hydrogen-bond donors (Lipinski definition) is 3. The molecule has 4 nitrogen and oxygen atoms in total. The molecule has 24 heavy (non-hydrogen) atoms. The number of nitrogens with two attached hydrogens (primary N) is 1. The SMILES string of the molecule is CCCCCCCCCCCCCCCCCCC(O)(O)C(N)=O. The quantitative estimate of drug-likeness (QED) is 0.247. The Morgan fingerprint density at radius 1 is 0.667 bits per heavy atom. The Morgan fingerprint density at radius 3 is 1.25 bits per heavy atom. The van der Waals surface area contributed by atoms with E-state index in [4.69, 9.17) is 5.73 Å². The monoisotopic (exact) mass is 343 g/mol. The van der Waals surface area contributed by atoms with Gasteiger partial charge < -0.3 is 15.9 Å². The van der Waals surface area contributed by atoms with Gasteiger partial charge in [0.05, 0.1) is 0 Å². The summed E-state index contributed by atoms with van der Waals surface area (Å²) in [6.07, 6.45) is 20.3. The largest absolute Gasteiger partial charge is 0.365 e. The van der Waals surface area contributed by atoms with Crippen LogP contribution in [0.25, 0.3) is 0 Å². The Morgan fingerprint density at radius 2 is 0.958 bits per heavy atom. The highest BCUT2D eigenvalue weighted by Crippen LogP contribution is 2.15. The normalized spacial score (nSPS) is 11.8. The van der Waals surface area contributed by atoms with Crippen LogP contribution in [-0.2, 0) is 4.79 Å². The number of hydrogen-bond acceptors (Lipinski definition) is 3. The molecular formula is C20H41NO3. The summed E-state index contributed by atoms with van der Waals surface area (Å²) in [5.41, 5.74) is 4.90. The van der Waals surface area contributed by atoms with Gasteiger partial charge in [0.2, 0.25) is 5.79 Å². The van der Waals surface area contributed by atoms with Gasteiger partial charge in [0.1, 0.15) is 0 Å². The van der Waals surface area contributed by atoms with E-state index in [0.717, 1.165) is 12.8 Å². The zero-order valence-electron chi connectivity index (χ0n) is 15.9. The van der Waals surface area contributed by atoms with Gasteiger partial charge in [0.25, 0.3) is 5.91 Å². The van der Waals surface area contributed by atoms with Crippen LogP contribution in [0.5, 0.6) is 0 Å². The fourth-order valence-electron chi connectivity index (χ4n) is 3.04. The van der Waals surface area contributed by atoms with Crippen LogP contribution in [0.4, 0.5) is 0 Å². The van der Waals surface area contributed by atoms with E-state index >= 15 is 0 Å². The maximum absolute atomic E-state index is 10.7. The lowest BCUT2D eigenvalue weighted by Gasteiger charge is -2.16. The molecule has 4 heteroatoms. The van der Waals surface area contributed by atoms with Gasteiger partial charge in [0, 0.05) is 6.42 Å². The van der Waals surface area contributed by atoms with Crippen LogP contribution in [0.2, 0.25) is 0 Å². The highest BCUT2D eigenvalue weighted by atomic mass is 16.5. The average molecular weight is 344 g/mol. The summed E-state index contributed by atoms with van der Waals surface area (Å²) in [6.45, 7) is 2.26. The zero-order valence-corrected chi connectivity index (χ0v) is 15.9. The van der Waals surface area contributed by atoms with E-state index in [9.17, 15) is 15.0 Å². The Hall–Kier alpha value is -0.610. The maximum atomic E-state index is 10.7. The first-order valence-corrected chi connectivity index (χ1v) is 10.3. The molecule has 1 amide bonds. The molecule has 0 aliphatic rings. The highest BCUT2D eigenvalue weighted by molar-refractivity contribution is 5.81. The lowest BCUT2D eigenvalue weighted by molar-refractivity contribution is -0.184. The van der Waals surface area contributed by atoms with Crippen LogP contribution >= 0.6 is 0 Å². The topological polar surface area (TPSA) is 83.6 Å². The minimum atomic E-state index is -2.32. The van der Waals surface area contributed by atoms with Crippen LogP contribution in [0, 0.1) is 0 Å². The molecule has 0 atom stereocenters. The first-order chi connectivity index (χ1) is 11.5. The lowest BCUT2D eigenvalue weighted by atomic mass is 10.0. The average Bonchev–Trinajstić information content (AvgIpc) is 2.54. The van der Waals surface area contributed by atoms with E-state index in [0.29, 0.717) is 6.42 Å². The van der Waals surface area contributed by atoms with Crippen LogP contribution in [0.1, 0.15) is 116 Å². The van der Waals surface area contributed by atoms with Crippen LogP contribution in [0.15, 0.2) is 0 Å². The Labute approximate surface area is 149 Å². The lowest BCUT2D eigenvalue weighted by Crippen LogP contribution is -2.43. The van der Waals surface area contributed by atoms with E-state index in [1.165, 1.54) is 83.5 Å². The van der Waals surface area contributed by atoms with E-state index < -0.39 is 11.7 Å². The van der Waals surface area contributed by atoms with E-state index in [1.807, 2.05) is 0 Å². The Kier molecular flexibility index (Phi) is 15.5. The van der Waals surface area contributed by atoms with Crippen molar-refractivity contribution in [1.29, 1.82) is 0 Å². The van der Waals surface area contributed by atoms with Gasteiger partial charge in [-0.05, 0) is 6.42 Å². The molecular weight excluding hydrogens is 302 g/mol. The molecule has 0 aliphatic heterocycles. The van der Waals surface area contributed by atoms with Crippen LogP contribution in [0.3, 0.4) is 0 Å². The molecule has 0 saturated heterocycles. The van der Waals surface area contributed by atoms with Crippen molar-refractivity contribution in [1.82, 2.24) is 0 Å². The van der Waals surface area contributed by atoms with Crippen LogP contribution < -0.4 is 5.73 Å². The van der Waals surface area contributed by atoms with Gasteiger partial charge in [-0.15, -0.1) is 0 Å². The molecule has 0 aromatic heterocycles. The summed E-state index contributed by atoms with van der Waals surface area (Å²) in [5.74, 6) is -3.38. The van der Waals surface area contributed by atoms with Crippen molar-refractivity contribution >= 4 is 5.91 Å². The molecule has 0 aromatic carbocycles. The first kappa shape index (κ1) is 23.4. The molecule has 0 saturated carbocycles. The predicted octanol–water partition coefficient (Wildman–Crippen LogP) is 4.80. The molecule has 0 radical (unpaired) electrons. The van der Waals surface area contributed by atoms with E-state index in [-0.39, 0.29) is 6.42 Å². The van der Waals surface area contributed by atoms with Gasteiger partial charge in [-0.25, -0.2) is 0 Å². The molecule has 0 rings (SSSR count). The zero-order chi connectivity index (χ0) is 18.1. The molecule has 0 spiro atoms. The first-order valence-electron chi connectivity index (χ1n) is 10.3. The fourth-order valence-corrected chi connectivity index (χ4v) is 3.04. The van der Waals surface area contributed by atoms with Crippen LogP contribution in [-0.4, -0.2) is 21.9 Å². The minimum Gasteiger partial charge on any atom is -0.365 e. The van der Waals surface area contributed by atoms with Gasteiger partial charge >= 0.3 is 0 Å². The summed E-state index contributed by atoms with van der Waals surface area (Å²) in [7, 11) is 0. The molecule has 0 unspecified atom stereocenters. The summed E-state index contributed by atoms with van der Waals surface area (Å²) in [6, 6.07) is 0. The van der Waals surface area contributed by atoms with Crippen molar-refractivity contribution in [2.75, 3.05) is 0 Å². The molecule has 0 fully saturated rings. The van der Waals surface area contributed by atoms with Gasteiger partial charge in [-0.3, -0.25) is 4.79 Å². The second-order valence-electron chi connectivity index (χ2n) is 7.23. The summed E-state index contributed by atoms with van der Waals surface area (Å²) in [5, 5.41) is 18.6. The third kappa shape index (κ3) is 14.9. The second kappa shape index (κ2) is 15.9. The summed E-state index contributed by atoms with van der Waals surface area (Å²) >= 11 is 0. The number of unbranched alkanes of at least 4 members (excludes halogenated alkanes) is 15. The van der Waals surface area contributed by atoms with Crippen molar-refractivity contribution in [2.45, 2.75) is 122 Å². The summed E-state index contributed by atoms with van der Waals surface area (Å²) < 4.78 is 0. The van der Waals surface area contributed by atoms with Crippen molar-refractivity contribution in [2.24, 2.45) is 5.73 Å². The third-order valence-corrected chi connectivity index (χ3v) is 4.77. The standard InChI is InChI=1S/C20H41NO3/c1-2-3-4-5-6-7-8-9-10-11-12-13-14-15-16-17-18-20(23,24)19(21)22/h23-24H,2-18H2,1H3,(H2,21,22). The molecule has 0 aromatic rings. The molecule has 0 aliphatic carbocycles. The van der Waals surface area contributed by atoms with E-state index in [2.05, 4.69) is 6.92 Å². The fraction of sp³-hybridized carbons (Fsp3) is 0.950. The van der Waals surface area contributed by atoms with Crippen molar-refractivity contribution < 1.29 is 15.0 Å². The Balaban J connectivity index is 3.14. The summed E-state index contributed by atoms with van der Waals surface area (Å²) in [4.78, 5) is 10.7. The molecule has 4 N–H and O–H groups in total. The third-order valence-electron chi connectivity index (χ3n) is 4.77. The number of amides is 1. The minimum absolute atomic E-state index is 0.0424. The Bertz CT molecular complexity index is 293. The van der Waals surface area contributed by atoms with Gasteiger partial charge in [-0.2, -0.15) is 0 Å². The second-order valence-corrected chi connectivity index (χ2v) is 7.23. The smallest absolute Gasteiger partial charge is 0.277 e. The van der Waals surface area contributed by atoms with Crippen molar-refractivity contribution in [3.05, 3.63) is 0 Å². The number of carbonyl (C=O) groups excluding carboxylic acids is 1. The van der Waals surface area contributed by atoms with Gasteiger partial charge in [-0.1, -0.05) is 103 Å². The van der Waals surface area contributed by atoms with Crippen molar-refractivity contribution in [3.8, 4) is 0 Å². The molecule has 144 valence electrons. The molecule has 0 bridgehead atoms. The number of aliphatic hydroxyl groups is 2. The maximum Gasteiger partial charge on any atom is 0.277 e. The molecule has 0 heterocycles. The number of primary amides is 1. The van der Waals surface area contributed by atoms with E-state index in [1.54, 1.807) is 0 Å².